The van der Waals surface area contributed by atoms with Gasteiger partial charge in [-0.25, -0.2) is 9.97 Å². The van der Waals surface area contributed by atoms with Gasteiger partial charge in [-0.15, -0.1) is 0 Å². The lowest BCUT2D eigenvalue weighted by Gasteiger charge is -2.36. The van der Waals surface area contributed by atoms with Crippen LogP contribution in [0.25, 0.3) is 11.1 Å². The fourth-order valence-corrected chi connectivity index (χ4v) is 5.53. The molecule has 2 fully saturated rings. The molecule has 10 nitrogen and oxygen atoms in total. The van der Waals surface area contributed by atoms with E-state index in [1.165, 1.54) is 6.33 Å². The molecule has 6 rings (SSSR count). The number of nitrogens with two attached hydrogens (primary N) is 1. The van der Waals surface area contributed by atoms with E-state index in [1.54, 1.807) is 0 Å². The van der Waals surface area contributed by atoms with E-state index >= 15 is 0 Å². The Balaban J connectivity index is 1.16. The molecule has 1 saturated carbocycles. The summed E-state index contributed by atoms with van der Waals surface area (Å²) >= 11 is 0. The molecule has 1 aliphatic carbocycles. The Morgan fingerprint density at radius 1 is 1.10 bits per heavy atom. The normalized spacial score (nSPS) is 22.8. The van der Waals surface area contributed by atoms with E-state index in [4.69, 9.17) is 25.0 Å². The van der Waals surface area contributed by atoms with E-state index in [0.29, 0.717) is 29.6 Å². The first kappa shape index (κ1) is 25.3. The van der Waals surface area contributed by atoms with Crippen LogP contribution < -0.4 is 16.4 Å². The molecule has 1 atom stereocenters. The monoisotopic (exact) mass is 527 g/mol. The molecule has 10 heteroatoms. The van der Waals surface area contributed by atoms with Crippen molar-refractivity contribution in [1.29, 1.82) is 5.41 Å². The van der Waals surface area contributed by atoms with Crippen molar-refractivity contribution in [3.05, 3.63) is 65.0 Å². The van der Waals surface area contributed by atoms with Gasteiger partial charge in [-0.05, 0) is 62.9 Å². The number of hydrogen-bond donors (Lipinski definition) is 4. The summed E-state index contributed by atoms with van der Waals surface area (Å²) in [6.07, 6.45) is 4.94. The van der Waals surface area contributed by atoms with Crippen LogP contribution in [0.4, 0.5) is 23.3 Å². The number of hydrogen-bond acceptors (Lipinski definition) is 10. The molecule has 0 bridgehead atoms. The van der Waals surface area contributed by atoms with Gasteiger partial charge >= 0.3 is 0 Å². The summed E-state index contributed by atoms with van der Waals surface area (Å²) in [7, 11) is 0. The average Bonchev–Trinajstić information content (AvgIpc) is 3.48. The highest BCUT2D eigenvalue weighted by molar-refractivity contribution is 6.16. The van der Waals surface area contributed by atoms with Crippen molar-refractivity contribution in [3.8, 4) is 0 Å². The zero-order valence-electron chi connectivity index (χ0n) is 22.4. The second-order valence-corrected chi connectivity index (χ2v) is 10.6. The molecule has 0 radical (unpaired) electrons. The van der Waals surface area contributed by atoms with Crippen LogP contribution in [0.5, 0.6) is 0 Å². The number of nitrogens with one attached hydrogen (secondary N) is 3. The molecule has 2 aromatic heterocycles. The van der Waals surface area contributed by atoms with Crippen molar-refractivity contribution < 1.29 is 13.9 Å². The van der Waals surface area contributed by atoms with E-state index < -0.39 is 5.79 Å². The minimum Gasteiger partial charge on any atom is -0.423 e. The quantitative estimate of drug-likeness (QED) is 0.240. The summed E-state index contributed by atoms with van der Waals surface area (Å²) in [6.45, 7) is 6.74. The summed E-state index contributed by atoms with van der Waals surface area (Å²) in [5, 5.41) is 15.7. The Labute approximate surface area is 226 Å². The van der Waals surface area contributed by atoms with E-state index in [2.05, 4.69) is 31.7 Å². The second kappa shape index (κ2) is 9.94. The first-order chi connectivity index (χ1) is 18.8. The number of aryl methyl sites for hydroxylation is 2. The molecule has 5 N–H and O–H groups in total. The first-order valence-corrected chi connectivity index (χ1v) is 13.3. The molecule has 4 aromatic rings. The maximum atomic E-state index is 8.94. The van der Waals surface area contributed by atoms with Gasteiger partial charge in [-0.1, -0.05) is 18.2 Å². The topological polar surface area (TPSA) is 144 Å². The standard InChI is InChI=1S/C29H33N7O3/c1-16-12-17(2)25-22(13-16)36-28(38-25)35-20-6-4-19(5-7-20)24(30)23-26(31)32-15-33-27(23)34-21-8-10-29(11-9-21)37-14-18(3)39-29/h4-7,12-13,15,18,21,30H,8-11,14H2,1-3H3,(H,35,36)(H3,31,32,33,34). The summed E-state index contributed by atoms with van der Waals surface area (Å²) in [6, 6.07) is 12.2. The SMILES string of the molecule is Cc1cc(C)c2oc(Nc3ccc(C(=N)c4c(N)ncnc4NC4CCC5(CC4)OCC(C)O5)cc3)nc2c1. The number of oxazole rings is 1. The average molecular weight is 528 g/mol. The van der Waals surface area contributed by atoms with Gasteiger partial charge in [-0.3, -0.25) is 5.41 Å². The second-order valence-electron chi connectivity index (χ2n) is 10.6. The van der Waals surface area contributed by atoms with Gasteiger partial charge in [0.2, 0.25) is 0 Å². The molecule has 39 heavy (non-hydrogen) atoms. The van der Waals surface area contributed by atoms with Crippen LogP contribution in [0.1, 0.15) is 54.9 Å². The highest BCUT2D eigenvalue weighted by Crippen LogP contribution is 2.39. The number of nitrogen functional groups attached to an aromatic ring is 1. The van der Waals surface area contributed by atoms with Crippen molar-refractivity contribution >= 4 is 40.1 Å². The zero-order valence-corrected chi connectivity index (χ0v) is 22.4. The van der Waals surface area contributed by atoms with Gasteiger partial charge in [-0.2, -0.15) is 4.98 Å². The molecule has 1 aliphatic heterocycles. The third kappa shape index (κ3) is 5.05. The fraction of sp³-hybridized carbons (Fsp3) is 0.379. The summed E-state index contributed by atoms with van der Waals surface area (Å²) in [4.78, 5) is 13.2. The van der Waals surface area contributed by atoms with Crippen LogP contribution in [-0.4, -0.2) is 45.2 Å². The summed E-state index contributed by atoms with van der Waals surface area (Å²) in [5.74, 6) is 0.373. The Morgan fingerprint density at radius 2 is 1.87 bits per heavy atom. The number of nitrogens with zero attached hydrogens (tertiary/aromatic N) is 3. The van der Waals surface area contributed by atoms with Crippen LogP contribution in [0.3, 0.4) is 0 Å². The third-order valence-electron chi connectivity index (χ3n) is 7.46. The zero-order chi connectivity index (χ0) is 27.1. The molecule has 2 aliphatic rings. The van der Waals surface area contributed by atoms with Crippen LogP contribution in [0, 0.1) is 19.3 Å². The van der Waals surface area contributed by atoms with Crippen molar-refractivity contribution in [2.75, 3.05) is 23.0 Å². The predicted molar refractivity (Wildman–Crippen MR) is 151 cm³/mol. The van der Waals surface area contributed by atoms with Gasteiger partial charge in [0.25, 0.3) is 6.01 Å². The smallest absolute Gasteiger partial charge is 0.300 e. The lowest BCUT2D eigenvalue weighted by molar-refractivity contribution is -0.186. The van der Waals surface area contributed by atoms with Gasteiger partial charge in [0.1, 0.15) is 23.5 Å². The van der Waals surface area contributed by atoms with Crippen LogP contribution in [0.15, 0.2) is 47.1 Å². The molecule has 1 saturated heterocycles. The highest BCUT2D eigenvalue weighted by atomic mass is 16.7. The number of anilines is 4. The highest BCUT2D eigenvalue weighted by Gasteiger charge is 2.43. The molecule has 2 aromatic carbocycles. The molecular weight excluding hydrogens is 494 g/mol. The number of aromatic nitrogens is 3. The van der Waals surface area contributed by atoms with Crippen molar-refractivity contribution in [3.63, 3.8) is 0 Å². The fourth-order valence-electron chi connectivity index (χ4n) is 5.53. The largest absolute Gasteiger partial charge is 0.423 e. The molecule has 1 spiro atoms. The van der Waals surface area contributed by atoms with E-state index in [0.717, 1.165) is 53.6 Å². The Bertz CT molecular complexity index is 1520. The Kier molecular flexibility index (Phi) is 6.44. The van der Waals surface area contributed by atoms with Crippen LogP contribution in [-0.2, 0) is 9.47 Å². The summed E-state index contributed by atoms with van der Waals surface area (Å²) < 4.78 is 17.9. The third-order valence-corrected chi connectivity index (χ3v) is 7.46. The van der Waals surface area contributed by atoms with Gasteiger partial charge in [0.15, 0.2) is 11.4 Å². The maximum Gasteiger partial charge on any atom is 0.300 e. The van der Waals surface area contributed by atoms with Crippen molar-refractivity contribution in [2.45, 2.75) is 64.4 Å². The number of rotatable bonds is 6. The molecule has 1 unspecified atom stereocenters. The van der Waals surface area contributed by atoms with E-state index in [9.17, 15) is 0 Å². The Hall–Kier alpha value is -4.02. The van der Waals surface area contributed by atoms with E-state index in [-0.39, 0.29) is 23.7 Å². The number of fused-ring (bicyclic) bond motifs is 1. The number of benzene rings is 2. The first-order valence-electron chi connectivity index (χ1n) is 13.3. The van der Waals surface area contributed by atoms with E-state index in [1.807, 2.05) is 51.1 Å². The predicted octanol–water partition coefficient (Wildman–Crippen LogP) is 5.46. The molecular formula is C29H33N7O3. The minimum absolute atomic E-state index is 0.133. The lowest BCUT2D eigenvalue weighted by Crippen LogP contribution is -2.40. The van der Waals surface area contributed by atoms with Gasteiger partial charge in [0, 0.05) is 30.1 Å². The Morgan fingerprint density at radius 3 is 2.59 bits per heavy atom. The molecule has 202 valence electrons. The number of ether oxygens (including phenoxy) is 2. The van der Waals surface area contributed by atoms with Crippen LogP contribution >= 0.6 is 0 Å². The molecule has 0 amide bonds. The maximum absolute atomic E-state index is 8.94. The lowest BCUT2D eigenvalue weighted by atomic mass is 9.90. The van der Waals surface area contributed by atoms with Crippen molar-refractivity contribution in [1.82, 2.24) is 15.0 Å². The van der Waals surface area contributed by atoms with Gasteiger partial charge in [0.05, 0.1) is 24.0 Å². The minimum atomic E-state index is -0.455. The van der Waals surface area contributed by atoms with Gasteiger partial charge < -0.3 is 30.3 Å². The van der Waals surface area contributed by atoms with Crippen LogP contribution in [0.2, 0.25) is 0 Å². The summed E-state index contributed by atoms with van der Waals surface area (Å²) in [5.41, 5.74) is 12.3. The molecule has 3 heterocycles. The van der Waals surface area contributed by atoms with Crippen molar-refractivity contribution in [2.24, 2.45) is 0 Å².